The Labute approximate surface area is 405 Å². The van der Waals surface area contributed by atoms with Gasteiger partial charge in [0.25, 0.3) is 0 Å². The Kier molecular flexibility index (Phi) is 24.0. The maximum absolute atomic E-state index is 14.3. The molecule has 26 heteroatoms. The fourth-order valence-electron chi connectivity index (χ4n) is 7.69. The molecule has 11 atom stereocenters. The molecule has 0 radical (unpaired) electrons. The lowest BCUT2D eigenvalue weighted by atomic mass is 10.00. The van der Waals surface area contributed by atoms with Crippen LogP contribution in [-0.2, 0) is 54.4 Å². The molecule has 10 amide bonds. The number of benzene rings is 1. The second-order valence-corrected chi connectivity index (χ2v) is 17.7. The monoisotopic (exact) mass is 990 g/mol. The smallest absolute Gasteiger partial charge is 0.245 e. The topological polar surface area (TPSA) is 430 Å². The predicted octanol–water partition coefficient (Wildman–Crippen LogP) is -7.41. The molecule has 19 N–H and O–H groups in total. The van der Waals surface area contributed by atoms with Gasteiger partial charge in [-0.25, -0.2) is 0 Å². The van der Waals surface area contributed by atoms with Crippen molar-refractivity contribution in [3.8, 4) is 0 Å². The van der Waals surface area contributed by atoms with Gasteiger partial charge in [0.05, 0.1) is 12.7 Å². The molecule has 2 saturated heterocycles. The summed E-state index contributed by atoms with van der Waals surface area (Å²) in [4.78, 5) is 136. The summed E-state index contributed by atoms with van der Waals surface area (Å²) in [5.74, 6) is -9.95. The van der Waals surface area contributed by atoms with Gasteiger partial charge < -0.3 is 85.7 Å². The van der Waals surface area contributed by atoms with E-state index in [9.17, 15) is 63.3 Å². The molecular weight excluding hydrogens is 919 g/mol. The van der Waals surface area contributed by atoms with Crippen molar-refractivity contribution in [2.24, 2.45) is 29.0 Å². The Morgan fingerprint density at radius 3 is 1.69 bits per heavy atom. The van der Waals surface area contributed by atoms with E-state index < -0.39 is 152 Å². The van der Waals surface area contributed by atoms with Gasteiger partial charge in [0.1, 0.15) is 54.4 Å². The summed E-state index contributed by atoms with van der Waals surface area (Å²) in [6, 6.07) is -4.64. The van der Waals surface area contributed by atoms with Gasteiger partial charge >= 0.3 is 0 Å². The summed E-state index contributed by atoms with van der Waals surface area (Å²) in [5, 5.41) is 55.4. The third-order valence-electron chi connectivity index (χ3n) is 11.5. The standard InChI is InChI=1S/C44H71N13O13/c1-22(2)17-30-40(66)51-26(9-13-45)36(62)50-28(11-15-47)39(65)57-34(23(3)60)43(69)48-16-12-29(52-42(68)32(21-59)55-44(70)35-25(20-58)19-33(61)56-35)38(64)49-27(10-14-46)37(63)54-31(41(67)53-30)18-24-7-5-4-6-8-24/h4-8,22-23,25-32,34-35,58-60H,9-21,45-47H2,1-3H3,(H,48,69)(H,49,64)(H,50,62)(H,51,66)(H,52,68)(H,53,67)(H,54,63)(H,55,70)(H,56,61)(H,57,65)/t23-,25-,26+,27+,28+,29+,30+,31-,32-,34+,35+/m1/s1. The predicted molar refractivity (Wildman–Crippen MR) is 250 cm³/mol. The molecule has 2 aliphatic heterocycles. The fraction of sp³-hybridized carbons (Fsp3) is 0.636. The van der Waals surface area contributed by atoms with Gasteiger partial charge in [-0.2, -0.15) is 0 Å². The number of aliphatic hydroxyl groups is 3. The Hall–Kier alpha value is -6.32. The second kappa shape index (κ2) is 29.0. The quantitative estimate of drug-likeness (QED) is 0.0689. The number of carbonyl (C=O) groups is 10. The molecule has 0 saturated carbocycles. The Morgan fingerprint density at radius 2 is 1.17 bits per heavy atom. The normalized spacial score (nSPS) is 26.7. The van der Waals surface area contributed by atoms with Gasteiger partial charge in [0.2, 0.25) is 59.1 Å². The highest BCUT2D eigenvalue weighted by atomic mass is 16.3. The van der Waals surface area contributed by atoms with E-state index in [1.54, 1.807) is 44.2 Å². The molecule has 1 aromatic carbocycles. The Morgan fingerprint density at radius 1 is 0.671 bits per heavy atom. The van der Waals surface area contributed by atoms with Crippen LogP contribution in [0.4, 0.5) is 0 Å². The molecule has 0 bridgehead atoms. The minimum atomic E-state index is -1.73. The minimum absolute atomic E-state index is 0.0572. The van der Waals surface area contributed by atoms with E-state index in [4.69, 9.17) is 17.2 Å². The van der Waals surface area contributed by atoms with Gasteiger partial charge in [-0.05, 0) is 70.1 Å². The van der Waals surface area contributed by atoms with Crippen molar-refractivity contribution in [3.63, 3.8) is 0 Å². The molecule has 2 heterocycles. The molecule has 0 aliphatic carbocycles. The van der Waals surface area contributed by atoms with E-state index in [1.807, 2.05) is 0 Å². The summed E-state index contributed by atoms with van der Waals surface area (Å²) in [7, 11) is 0. The van der Waals surface area contributed by atoms with Crippen LogP contribution in [-0.4, -0.2) is 174 Å². The zero-order chi connectivity index (χ0) is 52.1. The first kappa shape index (κ1) is 58.0. The zero-order valence-electron chi connectivity index (χ0n) is 39.7. The van der Waals surface area contributed by atoms with Crippen LogP contribution in [0.15, 0.2) is 30.3 Å². The fourth-order valence-corrected chi connectivity index (χ4v) is 7.69. The summed E-state index contributed by atoms with van der Waals surface area (Å²) in [6.45, 7) is 2.34. The molecule has 0 spiro atoms. The van der Waals surface area contributed by atoms with Crippen LogP contribution in [0, 0.1) is 11.8 Å². The highest BCUT2D eigenvalue weighted by Crippen LogP contribution is 2.16. The van der Waals surface area contributed by atoms with Gasteiger partial charge in [-0.1, -0.05) is 44.2 Å². The average molecular weight is 990 g/mol. The Balaban J connectivity index is 2.10. The van der Waals surface area contributed by atoms with Gasteiger partial charge in [-0.3, -0.25) is 47.9 Å². The van der Waals surface area contributed by atoms with Crippen molar-refractivity contribution in [3.05, 3.63) is 35.9 Å². The number of rotatable bonds is 17. The van der Waals surface area contributed by atoms with E-state index in [0.717, 1.165) is 0 Å². The molecular formula is C44H71N13O13. The second-order valence-electron chi connectivity index (χ2n) is 17.7. The molecule has 70 heavy (non-hydrogen) atoms. The zero-order valence-corrected chi connectivity index (χ0v) is 39.7. The molecule has 390 valence electrons. The number of nitrogens with one attached hydrogen (secondary N) is 10. The average Bonchev–Trinajstić information content (AvgIpc) is 3.71. The lowest BCUT2D eigenvalue weighted by molar-refractivity contribution is -0.136. The summed E-state index contributed by atoms with van der Waals surface area (Å²) in [6.07, 6.45) is -2.72. The lowest BCUT2D eigenvalue weighted by Gasteiger charge is -2.28. The van der Waals surface area contributed by atoms with E-state index in [0.29, 0.717) is 5.56 Å². The first-order valence-electron chi connectivity index (χ1n) is 23.3. The summed E-state index contributed by atoms with van der Waals surface area (Å²) >= 11 is 0. The highest BCUT2D eigenvalue weighted by molar-refractivity contribution is 5.99. The number of nitrogens with two attached hydrogens (primary N) is 3. The van der Waals surface area contributed by atoms with Crippen molar-refractivity contribution in [1.82, 2.24) is 53.2 Å². The van der Waals surface area contributed by atoms with Crippen molar-refractivity contribution in [2.45, 2.75) is 126 Å². The number of carbonyl (C=O) groups excluding carboxylic acids is 10. The molecule has 26 nitrogen and oxygen atoms in total. The van der Waals surface area contributed by atoms with Crippen molar-refractivity contribution in [1.29, 1.82) is 0 Å². The van der Waals surface area contributed by atoms with E-state index >= 15 is 0 Å². The number of hydrogen-bond donors (Lipinski definition) is 16. The van der Waals surface area contributed by atoms with Crippen molar-refractivity contribution < 1.29 is 63.3 Å². The Bertz CT molecular complexity index is 1980. The van der Waals surface area contributed by atoms with Crippen LogP contribution in [0.1, 0.15) is 64.9 Å². The number of aliphatic hydroxyl groups excluding tert-OH is 3. The number of amides is 10. The SMILES string of the molecule is CC(C)C[C@@H]1NC(=O)[C@@H](Cc2ccccc2)NC(=O)[C@H](CCN)NC(=O)[C@@H](NC(=O)[C@@H](CO)NC(=O)[C@H]2NC(=O)C[C@@H]2CO)CCNC(=O)[C@H]([C@@H](C)O)NC(=O)[C@H](CCN)NC(=O)[C@H](CCN)NC1=O. The lowest BCUT2D eigenvalue weighted by Crippen LogP contribution is -2.61. The molecule has 1 aromatic rings. The van der Waals surface area contributed by atoms with Crippen LogP contribution < -0.4 is 70.4 Å². The first-order valence-corrected chi connectivity index (χ1v) is 23.3. The third-order valence-corrected chi connectivity index (χ3v) is 11.5. The van der Waals surface area contributed by atoms with Crippen LogP contribution in [0.25, 0.3) is 0 Å². The van der Waals surface area contributed by atoms with Crippen molar-refractivity contribution >= 4 is 59.1 Å². The van der Waals surface area contributed by atoms with E-state index in [1.165, 1.54) is 6.92 Å². The molecule has 0 aromatic heterocycles. The van der Waals surface area contributed by atoms with Crippen molar-refractivity contribution in [2.75, 3.05) is 39.4 Å². The van der Waals surface area contributed by atoms with Gasteiger partial charge in [0.15, 0.2) is 0 Å². The van der Waals surface area contributed by atoms with E-state index in [2.05, 4.69) is 53.2 Å². The van der Waals surface area contributed by atoms with Gasteiger partial charge in [0, 0.05) is 31.9 Å². The summed E-state index contributed by atoms with van der Waals surface area (Å²) in [5.41, 5.74) is 18.1. The third kappa shape index (κ3) is 17.9. The maximum atomic E-state index is 14.3. The largest absolute Gasteiger partial charge is 0.396 e. The summed E-state index contributed by atoms with van der Waals surface area (Å²) < 4.78 is 0. The van der Waals surface area contributed by atoms with Crippen LogP contribution in [0.2, 0.25) is 0 Å². The van der Waals surface area contributed by atoms with Crippen LogP contribution in [0.5, 0.6) is 0 Å². The van der Waals surface area contributed by atoms with Crippen LogP contribution >= 0.6 is 0 Å². The van der Waals surface area contributed by atoms with Crippen LogP contribution in [0.3, 0.4) is 0 Å². The molecule has 2 aliphatic rings. The first-order chi connectivity index (χ1) is 33.3. The maximum Gasteiger partial charge on any atom is 0.245 e. The molecule has 0 unspecified atom stereocenters. The molecule has 2 fully saturated rings. The number of hydrogen-bond acceptors (Lipinski definition) is 16. The highest BCUT2D eigenvalue weighted by Gasteiger charge is 2.40. The van der Waals surface area contributed by atoms with Gasteiger partial charge in [-0.15, -0.1) is 0 Å². The minimum Gasteiger partial charge on any atom is -0.396 e. The van der Waals surface area contributed by atoms with E-state index in [-0.39, 0.29) is 64.1 Å². The molecule has 3 rings (SSSR count).